The first-order valence-corrected chi connectivity index (χ1v) is 8.18. The summed E-state index contributed by atoms with van der Waals surface area (Å²) in [6.07, 6.45) is 2.83. The Kier molecular flexibility index (Phi) is 3.68. The lowest BCUT2D eigenvalue weighted by molar-refractivity contribution is 0.400. The fraction of sp³-hybridized carbons (Fsp3) is 0.333. The van der Waals surface area contributed by atoms with Crippen LogP contribution >= 0.6 is 11.6 Å². The summed E-state index contributed by atoms with van der Waals surface area (Å²) in [5.74, 6) is -0.0777. The highest BCUT2D eigenvalue weighted by Gasteiger charge is 2.28. The third kappa shape index (κ3) is 2.78. The van der Waals surface area contributed by atoms with Gasteiger partial charge in [0.2, 0.25) is 10.0 Å². The molecule has 1 aliphatic heterocycles. The number of nitrogens with one attached hydrogen (secondary N) is 1. The summed E-state index contributed by atoms with van der Waals surface area (Å²) >= 11 is 5.63. The van der Waals surface area contributed by atoms with Gasteiger partial charge in [0, 0.05) is 6.54 Å². The molecule has 0 amide bonds. The highest BCUT2D eigenvalue weighted by Crippen LogP contribution is 2.25. The van der Waals surface area contributed by atoms with Crippen LogP contribution in [0.25, 0.3) is 0 Å². The predicted octanol–water partition coefficient (Wildman–Crippen LogP) is 1.88. The maximum Gasteiger partial charge on any atom is 0.241 e. The Balaban J connectivity index is 1.89. The molecule has 2 aromatic rings. The van der Waals surface area contributed by atoms with E-state index in [1.54, 1.807) is 4.68 Å². The molecular weight excluding hydrogens is 319 g/mol. The van der Waals surface area contributed by atoms with Gasteiger partial charge in [-0.3, -0.25) is 0 Å². The van der Waals surface area contributed by atoms with Gasteiger partial charge in [-0.1, -0.05) is 11.6 Å². The Labute approximate surface area is 126 Å². The largest absolute Gasteiger partial charge is 0.248 e. The molecule has 1 aliphatic rings. The van der Waals surface area contributed by atoms with Crippen LogP contribution in [-0.4, -0.2) is 23.2 Å². The summed E-state index contributed by atoms with van der Waals surface area (Å²) in [5.41, 5.74) is 0. The number of sulfonamides is 1. The molecule has 6 nitrogen and oxygen atoms in total. The Bertz CT molecular complexity index is 777. The van der Waals surface area contributed by atoms with Gasteiger partial charge >= 0.3 is 0 Å². The molecule has 1 unspecified atom stereocenters. The van der Waals surface area contributed by atoms with Crippen LogP contribution in [0.2, 0.25) is 5.02 Å². The molecule has 0 bridgehead atoms. The number of halogens is 2. The molecule has 21 heavy (non-hydrogen) atoms. The maximum absolute atomic E-state index is 13.1. The topological polar surface area (TPSA) is 76.9 Å². The summed E-state index contributed by atoms with van der Waals surface area (Å²) in [6, 6.07) is 2.85. The van der Waals surface area contributed by atoms with Gasteiger partial charge in [0.25, 0.3) is 0 Å². The Hall–Kier alpha value is -1.51. The molecular formula is C12H12ClFN4O2S. The van der Waals surface area contributed by atoms with E-state index in [9.17, 15) is 12.8 Å². The van der Waals surface area contributed by atoms with Crippen molar-refractivity contribution in [2.45, 2.75) is 30.3 Å². The first kappa shape index (κ1) is 14.4. The van der Waals surface area contributed by atoms with Gasteiger partial charge < -0.3 is 0 Å². The number of benzene rings is 1. The number of aryl methyl sites for hydroxylation is 1. The van der Waals surface area contributed by atoms with Gasteiger partial charge in [-0.05, 0) is 31.0 Å². The minimum atomic E-state index is -3.80. The van der Waals surface area contributed by atoms with Crippen molar-refractivity contribution < 1.29 is 12.8 Å². The first-order chi connectivity index (χ1) is 9.97. The van der Waals surface area contributed by atoms with E-state index in [-0.39, 0.29) is 9.92 Å². The molecule has 2 heterocycles. The summed E-state index contributed by atoms with van der Waals surface area (Å²) in [4.78, 5) is 4.01. The van der Waals surface area contributed by atoms with Gasteiger partial charge in [0.1, 0.15) is 18.0 Å². The second-order valence-electron chi connectivity index (χ2n) is 4.73. The molecule has 3 rings (SSSR count). The van der Waals surface area contributed by atoms with Crippen LogP contribution in [0, 0.1) is 5.82 Å². The molecule has 0 spiro atoms. The zero-order chi connectivity index (χ0) is 15.0. The average Bonchev–Trinajstić information content (AvgIpc) is 2.91. The lowest BCUT2D eigenvalue weighted by Gasteiger charge is -2.23. The second-order valence-corrected chi connectivity index (χ2v) is 6.85. The SMILES string of the molecule is O=S(=O)(NC1CCCn2ncnc21)c1ccc(F)c(Cl)c1. The number of hydrogen-bond donors (Lipinski definition) is 1. The third-order valence-corrected chi connectivity index (χ3v) is 5.08. The van der Waals surface area contributed by atoms with Crippen LogP contribution in [-0.2, 0) is 16.6 Å². The van der Waals surface area contributed by atoms with E-state index < -0.39 is 21.9 Å². The fourth-order valence-electron chi connectivity index (χ4n) is 2.30. The first-order valence-electron chi connectivity index (χ1n) is 6.32. The molecule has 112 valence electrons. The van der Waals surface area contributed by atoms with Crippen LogP contribution in [0.15, 0.2) is 29.4 Å². The highest BCUT2D eigenvalue weighted by atomic mass is 35.5. The standard InChI is InChI=1S/C12H12ClFN4O2S/c13-9-6-8(3-4-10(9)14)21(19,20)17-11-2-1-5-18-12(11)15-7-16-18/h3-4,6-7,11,17H,1-2,5H2. The molecule has 0 saturated heterocycles. The van der Waals surface area contributed by atoms with E-state index in [1.807, 2.05) is 0 Å². The van der Waals surface area contributed by atoms with Crippen molar-refractivity contribution in [2.24, 2.45) is 0 Å². The van der Waals surface area contributed by atoms with Crippen molar-refractivity contribution >= 4 is 21.6 Å². The Morgan fingerprint density at radius 3 is 3.00 bits per heavy atom. The van der Waals surface area contributed by atoms with Crippen molar-refractivity contribution in [3.63, 3.8) is 0 Å². The van der Waals surface area contributed by atoms with E-state index in [2.05, 4.69) is 14.8 Å². The lowest BCUT2D eigenvalue weighted by Crippen LogP contribution is -2.33. The normalized spacial score (nSPS) is 18.5. The molecule has 0 saturated carbocycles. The van der Waals surface area contributed by atoms with E-state index >= 15 is 0 Å². The molecule has 0 aliphatic carbocycles. The fourth-order valence-corrected chi connectivity index (χ4v) is 3.80. The number of rotatable bonds is 3. The number of fused-ring (bicyclic) bond motifs is 1. The molecule has 0 radical (unpaired) electrons. The van der Waals surface area contributed by atoms with E-state index in [0.29, 0.717) is 12.2 Å². The van der Waals surface area contributed by atoms with Crippen LogP contribution in [0.5, 0.6) is 0 Å². The summed E-state index contributed by atoms with van der Waals surface area (Å²) < 4.78 is 42.1. The monoisotopic (exact) mass is 330 g/mol. The summed E-state index contributed by atoms with van der Waals surface area (Å²) in [7, 11) is -3.80. The van der Waals surface area contributed by atoms with Crippen LogP contribution in [0.1, 0.15) is 24.7 Å². The second kappa shape index (κ2) is 5.36. The molecule has 1 N–H and O–H groups in total. The number of hydrogen-bond acceptors (Lipinski definition) is 4. The van der Waals surface area contributed by atoms with Crippen LogP contribution < -0.4 is 4.72 Å². The molecule has 1 aromatic carbocycles. The van der Waals surface area contributed by atoms with Crippen LogP contribution in [0.4, 0.5) is 4.39 Å². The van der Waals surface area contributed by atoms with Gasteiger partial charge in [0.15, 0.2) is 0 Å². The van der Waals surface area contributed by atoms with E-state index in [4.69, 9.17) is 11.6 Å². The van der Waals surface area contributed by atoms with Crippen LogP contribution in [0.3, 0.4) is 0 Å². The number of aromatic nitrogens is 3. The zero-order valence-electron chi connectivity index (χ0n) is 10.8. The maximum atomic E-state index is 13.1. The third-order valence-electron chi connectivity index (χ3n) is 3.32. The molecule has 0 fully saturated rings. The van der Waals surface area contributed by atoms with E-state index in [1.165, 1.54) is 12.4 Å². The lowest BCUT2D eigenvalue weighted by atomic mass is 10.1. The van der Waals surface area contributed by atoms with E-state index in [0.717, 1.165) is 25.1 Å². The highest BCUT2D eigenvalue weighted by molar-refractivity contribution is 7.89. The Morgan fingerprint density at radius 2 is 2.24 bits per heavy atom. The summed E-state index contributed by atoms with van der Waals surface area (Å²) in [6.45, 7) is 0.718. The van der Waals surface area contributed by atoms with Gasteiger partial charge in [-0.15, -0.1) is 0 Å². The van der Waals surface area contributed by atoms with Crippen molar-refractivity contribution in [3.8, 4) is 0 Å². The smallest absolute Gasteiger partial charge is 0.241 e. The summed E-state index contributed by atoms with van der Waals surface area (Å²) in [5, 5.41) is 3.80. The molecule has 9 heteroatoms. The number of nitrogens with zero attached hydrogens (tertiary/aromatic N) is 3. The van der Waals surface area contributed by atoms with Gasteiger partial charge in [0.05, 0.1) is 16.0 Å². The molecule has 1 aromatic heterocycles. The quantitative estimate of drug-likeness (QED) is 0.932. The predicted molar refractivity (Wildman–Crippen MR) is 73.7 cm³/mol. The van der Waals surface area contributed by atoms with Crippen molar-refractivity contribution in [1.29, 1.82) is 0 Å². The van der Waals surface area contributed by atoms with Gasteiger partial charge in [-0.2, -0.15) is 5.10 Å². The minimum absolute atomic E-state index is 0.0782. The minimum Gasteiger partial charge on any atom is -0.248 e. The molecule has 1 atom stereocenters. The van der Waals surface area contributed by atoms with Crippen molar-refractivity contribution in [1.82, 2.24) is 19.5 Å². The zero-order valence-corrected chi connectivity index (χ0v) is 12.4. The van der Waals surface area contributed by atoms with Gasteiger partial charge in [-0.25, -0.2) is 27.2 Å². The van der Waals surface area contributed by atoms with Crippen molar-refractivity contribution in [3.05, 3.63) is 41.2 Å². The average molecular weight is 331 g/mol. The van der Waals surface area contributed by atoms with Crippen molar-refractivity contribution in [2.75, 3.05) is 0 Å². The Morgan fingerprint density at radius 1 is 1.43 bits per heavy atom.